The molecule has 2 amide bonds. The molecule has 7 nitrogen and oxygen atoms in total. The molecule has 0 aliphatic rings. The Morgan fingerprint density at radius 1 is 0.902 bits per heavy atom. The molecule has 0 aliphatic heterocycles. The predicted molar refractivity (Wildman–Crippen MR) is 166 cm³/mol. The second-order valence-corrected chi connectivity index (χ2v) is 12.4. The summed E-state index contributed by atoms with van der Waals surface area (Å²) in [6.07, 6.45) is 1.59. The number of amides is 2. The van der Waals surface area contributed by atoms with Gasteiger partial charge in [0, 0.05) is 28.7 Å². The van der Waals surface area contributed by atoms with Crippen LogP contribution < -0.4 is 9.62 Å². The predicted octanol–water partition coefficient (Wildman–Crippen LogP) is 6.39. The SMILES string of the molecule is CCCNC(=O)C(CC)N(Cc1c(Cl)cccc1Cl)C(=O)CN(c1ccccc1CC)S(=O)(=O)c1ccc(C)cc1. The number of hydrogen-bond acceptors (Lipinski definition) is 4. The fraction of sp³-hybridized carbons (Fsp3) is 0.355. The zero-order chi connectivity index (χ0) is 30.2. The Hall–Kier alpha value is -3.07. The van der Waals surface area contributed by atoms with Crippen molar-refractivity contribution < 1.29 is 18.0 Å². The molecule has 41 heavy (non-hydrogen) atoms. The van der Waals surface area contributed by atoms with E-state index in [2.05, 4.69) is 5.32 Å². The molecule has 3 rings (SSSR count). The number of nitrogens with zero attached hydrogens (tertiary/aromatic N) is 2. The van der Waals surface area contributed by atoms with Gasteiger partial charge in [-0.2, -0.15) is 0 Å². The maximum atomic E-state index is 14.2. The number of carbonyl (C=O) groups is 2. The van der Waals surface area contributed by atoms with Crippen LogP contribution in [-0.2, 0) is 32.6 Å². The highest BCUT2D eigenvalue weighted by Gasteiger charge is 2.34. The molecule has 3 aromatic carbocycles. The Bertz CT molecular complexity index is 1440. The number of halogens is 2. The van der Waals surface area contributed by atoms with Crippen molar-refractivity contribution in [2.75, 3.05) is 17.4 Å². The summed E-state index contributed by atoms with van der Waals surface area (Å²) in [5.41, 5.74) is 2.56. The molecular formula is C31H37Cl2N3O4S. The number of nitrogens with one attached hydrogen (secondary N) is 1. The van der Waals surface area contributed by atoms with Crippen molar-refractivity contribution >= 4 is 50.7 Å². The van der Waals surface area contributed by atoms with Crippen molar-refractivity contribution in [1.82, 2.24) is 10.2 Å². The van der Waals surface area contributed by atoms with Gasteiger partial charge in [0.25, 0.3) is 10.0 Å². The smallest absolute Gasteiger partial charge is 0.264 e. The fourth-order valence-electron chi connectivity index (χ4n) is 4.54. The van der Waals surface area contributed by atoms with Crippen molar-refractivity contribution in [2.24, 2.45) is 0 Å². The minimum Gasteiger partial charge on any atom is -0.354 e. The molecule has 3 aromatic rings. The third-order valence-corrected chi connectivity index (χ3v) is 9.34. The molecule has 1 atom stereocenters. The maximum Gasteiger partial charge on any atom is 0.264 e. The summed E-state index contributed by atoms with van der Waals surface area (Å²) in [4.78, 5) is 28.9. The van der Waals surface area contributed by atoms with E-state index in [9.17, 15) is 18.0 Å². The number of aryl methyl sites for hydroxylation is 2. The highest BCUT2D eigenvalue weighted by Crippen LogP contribution is 2.30. The summed E-state index contributed by atoms with van der Waals surface area (Å²) in [6, 6.07) is 17.8. The molecule has 1 unspecified atom stereocenters. The molecule has 220 valence electrons. The third kappa shape index (κ3) is 7.82. The average molecular weight is 619 g/mol. The first-order valence-corrected chi connectivity index (χ1v) is 15.9. The second kappa shape index (κ2) is 14.7. The Morgan fingerprint density at radius 3 is 2.12 bits per heavy atom. The third-order valence-electron chi connectivity index (χ3n) is 6.85. The molecule has 10 heteroatoms. The van der Waals surface area contributed by atoms with Gasteiger partial charge in [0.1, 0.15) is 12.6 Å². The number of hydrogen-bond donors (Lipinski definition) is 1. The Labute approximate surface area is 253 Å². The maximum absolute atomic E-state index is 14.2. The summed E-state index contributed by atoms with van der Waals surface area (Å²) >= 11 is 12.9. The minimum absolute atomic E-state index is 0.0650. The normalized spacial score (nSPS) is 12.0. The zero-order valence-corrected chi connectivity index (χ0v) is 26.2. The molecule has 0 saturated heterocycles. The molecule has 0 fully saturated rings. The van der Waals surface area contributed by atoms with E-state index >= 15 is 0 Å². The zero-order valence-electron chi connectivity index (χ0n) is 23.9. The van der Waals surface area contributed by atoms with Crippen molar-refractivity contribution in [2.45, 2.75) is 64.4 Å². The van der Waals surface area contributed by atoms with E-state index < -0.39 is 28.5 Å². The molecule has 0 saturated carbocycles. The van der Waals surface area contributed by atoms with Crippen LogP contribution in [0.15, 0.2) is 71.6 Å². The van der Waals surface area contributed by atoms with Gasteiger partial charge < -0.3 is 10.2 Å². The summed E-state index contributed by atoms with van der Waals surface area (Å²) in [5, 5.41) is 3.56. The summed E-state index contributed by atoms with van der Waals surface area (Å²) in [5.74, 6) is -0.881. The number of para-hydroxylation sites is 1. The molecule has 0 aliphatic carbocycles. The molecule has 0 spiro atoms. The van der Waals surface area contributed by atoms with Gasteiger partial charge in [-0.1, -0.05) is 85.9 Å². The van der Waals surface area contributed by atoms with Crippen LogP contribution in [0.1, 0.15) is 50.3 Å². The second-order valence-electron chi connectivity index (χ2n) is 9.74. The quantitative estimate of drug-likeness (QED) is 0.241. The summed E-state index contributed by atoms with van der Waals surface area (Å²) in [7, 11) is -4.15. The molecular weight excluding hydrogens is 581 g/mol. The summed E-state index contributed by atoms with van der Waals surface area (Å²) < 4.78 is 29.3. The Morgan fingerprint density at radius 2 is 1.54 bits per heavy atom. The number of sulfonamides is 1. The van der Waals surface area contributed by atoms with E-state index in [1.807, 2.05) is 32.9 Å². The van der Waals surface area contributed by atoms with Crippen molar-refractivity contribution in [3.05, 3.63) is 93.5 Å². The molecule has 0 bridgehead atoms. The van der Waals surface area contributed by atoms with Crippen LogP contribution in [-0.4, -0.2) is 44.3 Å². The van der Waals surface area contributed by atoms with Gasteiger partial charge in [-0.05, 0) is 62.1 Å². The molecule has 0 heterocycles. The van der Waals surface area contributed by atoms with Crippen LogP contribution in [0, 0.1) is 6.92 Å². The van der Waals surface area contributed by atoms with Crippen molar-refractivity contribution in [3.63, 3.8) is 0 Å². The van der Waals surface area contributed by atoms with E-state index in [1.54, 1.807) is 49.4 Å². The van der Waals surface area contributed by atoms with E-state index in [-0.39, 0.29) is 17.3 Å². The Kier molecular flexibility index (Phi) is 11.6. The van der Waals surface area contributed by atoms with E-state index in [0.29, 0.717) is 40.7 Å². The number of rotatable bonds is 13. The van der Waals surface area contributed by atoms with Crippen LogP contribution in [0.3, 0.4) is 0 Å². The van der Waals surface area contributed by atoms with E-state index in [0.717, 1.165) is 21.9 Å². The van der Waals surface area contributed by atoms with Gasteiger partial charge in [-0.15, -0.1) is 0 Å². The lowest BCUT2D eigenvalue weighted by Crippen LogP contribution is -2.52. The lowest BCUT2D eigenvalue weighted by Gasteiger charge is -2.34. The first-order valence-electron chi connectivity index (χ1n) is 13.7. The van der Waals surface area contributed by atoms with Gasteiger partial charge in [0.05, 0.1) is 10.6 Å². The van der Waals surface area contributed by atoms with Crippen LogP contribution in [0.5, 0.6) is 0 Å². The topological polar surface area (TPSA) is 86.8 Å². The van der Waals surface area contributed by atoms with Gasteiger partial charge in [0.2, 0.25) is 11.8 Å². The number of benzene rings is 3. The lowest BCUT2D eigenvalue weighted by molar-refractivity contribution is -0.140. The highest BCUT2D eigenvalue weighted by atomic mass is 35.5. The van der Waals surface area contributed by atoms with Crippen LogP contribution in [0.4, 0.5) is 5.69 Å². The summed E-state index contributed by atoms with van der Waals surface area (Å²) in [6.45, 7) is 7.40. The minimum atomic E-state index is -4.15. The first-order chi connectivity index (χ1) is 19.5. The molecule has 0 aromatic heterocycles. The monoisotopic (exact) mass is 617 g/mol. The Balaban J connectivity index is 2.13. The van der Waals surface area contributed by atoms with Crippen molar-refractivity contribution in [3.8, 4) is 0 Å². The standard InChI is InChI=1S/C31H37Cl2N3O4S/c1-5-19-34-31(38)28(7-3)35(20-25-26(32)12-10-13-27(25)33)30(37)21-36(29-14-9-8-11-23(29)6-2)41(39,40)24-17-15-22(4)16-18-24/h8-18,28H,5-7,19-21H2,1-4H3,(H,34,38). The van der Waals surface area contributed by atoms with Gasteiger partial charge >= 0.3 is 0 Å². The number of anilines is 1. The van der Waals surface area contributed by atoms with E-state index in [1.165, 1.54) is 17.0 Å². The fourth-order valence-corrected chi connectivity index (χ4v) is 6.51. The van der Waals surface area contributed by atoms with Crippen molar-refractivity contribution in [1.29, 1.82) is 0 Å². The number of carbonyl (C=O) groups excluding carboxylic acids is 2. The largest absolute Gasteiger partial charge is 0.354 e. The van der Waals surface area contributed by atoms with E-state index in [4.69, 9.17) is 23.2 Å². The van der Waals surface area contributed by atoms with Crippen LogP contribution in [0.2, 0.25) is 10.0 Å². The first kappa shape index (κ1) is 32.4. The van der Waals surface area contributed by atoms with Gasteiger partial charge in [-0.25, -0.2) is 8.42 Å². The lowest BCUT2D eigenvalue weighted by atomic mass is 10.1. The van der Waals surface area contributed by atoms with Crippen LogP contribution in [0.25, 0.3) is 0 Å². The molecule has 1 N–H and O–H groups in total. The van der Waals surface area contributed by atoms with Gasteiger partial charge in [-0.3, -0.25) is 13.9 Å². The highest BCUT2D eigenvalue weighted by molar-refractivity contribution is 7.92. The average Bonchev–Trinajstić information content (AvgIpc) is 2.96. The van der Waals surface area contributed by atoms with Gasteiger partial charge in [0.15, 0.2) is 0 Å². The van der Waals surface area contributed by atoms with Crippen LogP contribution >= 0.6 is 23.2 Å². The molecule has 0 radical (unpaired) electrons.